The van der Waals surface area contributed by atoms with E-state index in [2.05, 4.69) is 49.1 Å². The van der Waals surface area contributed by atoms with Crippen LogP contribution in [0.15, 0.2) is 48.5 Å². The SMILES string of the molecule is CCN(Cc1ccc(C)cc1)Cc1cccc(O)c1. The van der Waals surface area contributed by atoms with Crippen molar-refractivity contribution in [2.24, 2.45) is 0 Å². The average Bonchev–Trinajstić information content (AvgIpc) is 2.40. The molecule has 2 aromatic carbocycles. The molecule has 0 saturated heterocycles. The van der Waals surface area contributed by atoms with Crippen molar-refractivity contribution in [2.45, 2.75) is 26.9 Å². The van der Waals surface area contributed by atoms with Gasteiger partial charge in [-0.1, -0.05) is 48.9 Å². The van der Waals surface area contributed by atoms with Gasteiger partial charge in [0.05, 0.1) is 0 Å². The number of hydrogen-bond acceptors (Lipinski definition) is 2. The highest BCUT2D eigenvalue weighted by Crippen LogP contribution is 2.15. The van der Waals surface area contributed by atoms with Gasteiger partial charge in [-0.05, 0) is 36.7 Å². The molecule has 100 valence electrons. The third kappa shape index (κ3) is 4.11. The van der Waals surface area contributed by atoms with Crippen LogP contribution in [0.25, 0.3) is 0 Å². The van der Waals surface area contributed by atoms with E-state index in [9.17, 15) is 5.11 Å². The van der Waals surface area contributed by atoms with Crippen LogP contribution in [0.2, 0.25) is 0 Å². The van der Waals surface area contributed by atoms with Crippen LogP contribution in [0, 0.1) is 6.92 Å². The van der Waals surface area contributed by atoms with Crippen molar-refractivity contribution in [1.82, 2.24) is 4.90 Å². The van der Waals surface area contributed by atoms with E-state index in [0.717, 1.165) is 25.2 Å². The molecule has 0 aliphatic heterocycles. The summed E-state index contributed by atoms with van der Waals surface area (Å²) in [5, 5.41) is 9.50. The number of nitrogens with zero attached hydrogens (tertiary/aromatic N) is 1. The van der Waals surface area contributed by atoms with Gasteiger partial charge in [-0.25, -0.2) is 0 Å². The molecule has 0 atom stereocenters. The van der Waals surface area contributed by atoms with Crippen LogP contribution in [-0.4, -0.2) is 16.6 Å². The van der Waals surface area contributed by atoms with E-state index >= 15 is 0 Å². The first-order valence-electron chi connectivity index (χ1n) is 6.73. The fourth-order valence-electron chi connectivity index (χ4n) is 2.14. The van der Waals surface area contributed by atoms with Crippen molar-refractivity contribution in [3.63, 3.8) is 0 Å². The zero-order chi connectivity index (χ0) is 13.7. The van der Waals surface area contributed by atoms with E-state index in [1.165, 1.54) is 11.1 Å². The molecule has 0 aromatic heterocycles. The van der Waals surface area contributed by atoms with Crippen molar-refractivity contribution >= 4 is 0 Å². The van der Waals surface area contributed by atoms with Gasteiger partial charge in [-0.2, -0.15) is 0 Å². The van der Waals surface area contributed by atoms with E-state index in [0.29, 0.717) is 5.75 Å². The molecule has 2 rings (SSSR count). The highest BCUT2D eigenvalue weighted by molar-refractivity contribution is 5.27. The summed E-state index contributed by atoms with van der Waals surface area (Å²) in [5.74, 6) is 0.337. The maximum Gasteiger partial charge on any atom is 0.115 e. The highest BCUT2D eigenvalue weighted by atomic mass is 16.3. The Hall–Kier alpha value is -1.80. The Labute approximate surface area is 115 Å². The van der Waals surface area contributed by atoms with Gasteiger partial charge in [0, 0.05) is 13.1 Å². The molecule has 2 aromatic rings. The largest absolute Gasteiger partial charge is 0.508 e. The van der Waals surface area contributed by atoms with Crippen molar-refractivity contribution in [2.75, 3.05) is 6.54 Å². The molecule has 0 radical (unpaired) electrons. The Morgan fingerprint density at radius 1 is 0.947 bits per heavy atom. The zero-order valence-corrected chi connectivity index (χ0v) is 11.6. The number of rotatable bonds is 5. The van der Waals surface area contributed by atoms with Gasteiger partial charge < -0.3 is 5.11 Å². The summed E-state index contributed by atoms with van der Waals surface area (Å²) in [4.78, 5) is 2.36. The number of phenols is 1. The molecule has 0 heterocycles. The molecule has 0 unspecified atom stereocenters. The van der Waals surface area contributed by atoms with Crippen LogP contribution >= 0.6 is 0 Å². The summed E-state index contributed by atoms with van der Waals surface area (Å²) in [6, 6.07) is 16.1. The van der Waals surface area contributed by atoms with Crippen molar-refractivity contribution < 1.29 is 5.11 Å². The van der Waals surface area contributed by atoms with Crippen molar-refractivity contribution in [3.05, 3.63) is 65.2 Å². The molecule has 2 heteroatoms. The Kier molecular flexibility index (Phi) is 4.58. The van der Waals surface area contributed by atoms with Gasteiger partial charge in [-0.15, -0.1) is 0 Å². The Morgan fingerprint density at radius 3 is 2.26 bits per heavy atom. The predicted molar refractivity (Wildman–Crippen MR) is 79.1 cm³/mol. The topological polar surface area (TPSA) is 23.5 Å². The van der Waals surface area contributed by atoms with Gasteiger partial charge in [-0.3, -0.25) is 4.90 Å². The van der Waals surface area contributed by atoms with Crippen LogP contribution in [0.1, 0.15) is 23.6 Å². The molecular formula is C17H21NO. The lowest BCUT2D eigenvalue weighted by Crippen LogP contribution is -2.22. The van der Waals surface area contributed by atoms with Gasteiger partial charge in [0.2, 0.25) is 0 Å². The second-order valence-corrected chi connectivity index (χ2v) is 4.96. The van der Waals surface area contributed by atoms with E-state index in [-0.39, 0.29) is 0 Å². The summed E-state index contributed by atoms with van der Waals surface area (Å²) < 4.78 is 0. The van der Waals surface area contributed by atoms with Gasteiger partial charge >= 0.3 is 0 Å². The highest BCUT2D eigenvalue weighted by Gasteiger charge is 2.05. The van der Waals surface area contributed by atoms with Gasteiger partial charge in [0.15, 0.2) is 0 Å². The quantitative estimate of drug-likeness (QED) is 0.880. The average molecular weight is 255 g/mol. The van der Waals surface area contributed by atoms with Gasteiger partial charge in [0.1, 0.15) is 5.75 Å². The monoisotopic (exact) mass is 255 g/mol. The standard InChI is InChI=1S/C17H21NO/c1-3-18(12-15-9-7-14(2)8-10-15)13-16-5-4-6-17(19)11-16/h4-11,19H,3,12-13H2,1-2H3. The van der Waals surface area contributed by atoms with Crippen LogP contribution in [0.5, 0.6) is 5.75 Å². The lowest BCUT2D eigenvalue weighted by atomic mass is 10.1. The number of hydrogen-bond donors (Lipinski definition) is 1. The van der Waals surface area contributed by atoms with Crippen LogP contribution < -0.4 is 0 Å². The van der Waals surface area contributed by atoms with Crippen molar-refractivity contribution in [3.8, 4) is 5.75 Å². The van der Waals surface area contributed by atoms with E-state index in [4.69, 9.17) is 0 Å². The summed E-state index contributed by atoms with van der Waals surface area (Å²) in [6.45, 7) is 7.06. The molecule has 0 saturated carbocycles. The zero-order valence-electron chi connectivity index (χ0n) is 11.6. The maximum atomic E-state index is 9.50. The number of phenolic OH excluding ortho intramolecular Hbond substituents is 1. The Balaban J connectivity index is 2.02. The van der Waals surface area contributed by atoms with Gasteiger partial charge in [0.25, 0.3) is 0 Å². The molecule has 0 aliphatic rings. The summed E-state index contributed by atoms with van der Waals surface area (Å²) >= 11 is 0. The number of aromatic hydroxyl groups is 1. The first kappa shape index (κ1) is 13.6. The molecule has 0 fully saturated rings. The molecular weight excluding hydrogens is 234 g/mol. The number of aryl methyl sites for hydroxylation is 1. The molecule has 0 amide bonds. The van der Waals surface area contributed by atoms with Crippen LogP contribution in [0.4, 0.5) is 0 Å². The second-order valence-electron chi connectivity index (χ2n) is 4.96. The molecule has 0 spiro atoms. The molecule has 1 N–H and O–H groups in total. The lowest BCUT2D eigenvalue weighted by molar-refractivity contribution is 0.271. The third-order valence-corrected chi connectivity index (χ3v) is 3.29. The van der Waals surface area contributed by atoms with Crippen molar-refractivity contribution in [1.29, 1.82) is 0 Å². The first-order valence-corrected chi connectivity index (χ1v) is 6.73. The van der Waals surface area contributed by atoms with Crippen LogP contribution in [0.3, 0.4) is 0 Å². The maximum absolute atomic E-state index is 9.50. The first-order chi connectivity index (χ1) is 9.17. The number of benzene rings is 2. The summed E-state index contributed by atoms with van der Waals surface area (Å²) in [7, 11) is 0. The van der Waals surface area contributed by atoms with E-state index < -0.39 is 0 Å². The Morgan fingerprint density at radius 2 is 1.63 bits per heavy atom. The third-order valence-electron chi connectivity index (χ3n) is 3.29. The molecule has 19 heavy (non-hydrogen) atoms. The second kappa shape index (κ2) is 6.39. The van der Waals surface area contributed by atoms with E-state index in [1.807, 2.05) is 12.1 Å². The smallest absolute Gasteiger partial charge is 0.115 e. The Bertz CT molecular complexity index is 519. The minimum atomic E-state index is 0.337. The molecule has 0 aliphatic carbocycles. The fraction of sp³-hybridized carbons (Fsp3) is 0.294. The molecule has 2 nitrogen and oxygen atoms in total. The summed E-state index contributed by atoms with van der Waals surface area (Å²) in [6.07, 6.45) is 0. The minimum Gasteiger partial charge on any atom is -0.508 e. The fourth-order valence-corrected chi connectivity index (χ4v) is 2.14. The van der Waals surface area contributed by atoms with Crippen LogP contribution in [-0.2, 0) is 13.1 Å². The van der Waals surface area contributed by atoms with E-state index in [1.54, 1.807) is 6.07 Å². The predicted octanol–water partition coefficient (Wildman–Crippen LogP) is 3.72. The minimum absolute atomic E-state index is 0.337. The lowest BCUT2D eigenvalue weighted by Gasteiger charge is -2.20. The normalized spacial score (nSPS) is 10.9. The summed E-state index contributed by atoms with van der Waals surface area (Å²) in [5.41, 5.74) is 3.77. The molecule has 0 bridgehead atoms.